The highest BCUT2D eigenvalue weighted by molar-refractivity contribution is 6.05. The zero-order valence-corrected chi connectivity index (χ0v) is 9.27. The fourth-order valence-electron chi connectivity index (χ4n) is 2.15. The fourth-order valence-corrected chi connectivity index (χ4v) is 2.15. The van der Waals surface area contributed by atoms with Crippen molar-refractivity contribution in [1.82, 2.24) is 14.7 Å². The molecule has 0 N–H and O–H groups in total. The van der Waals surface area contributed by atoms with Gasteiger partial charge in [-0.2, -0.15) is 0 Å². The summed E-state index contributed by atoms with van der Waals surface area (Å²) in [4.78, 5) is 28.7. The number of nitrogens with zero attached hydrogens (tertiary/aromatic N) is 3. The van der Waals surface area contributed by atoms with Crippen LogP contribution in [0.5, 0.6) is 0 Å². The van der Waals surface area contributed by atoms with Crippen molar-refractivity contribution in [3.63, 3.8) is 0 Å². The smallest absolute Gasteiger partial charge is 0.246 e. The molecule has 5 nitrogen and oxygen atoms in total. The first-order valence-electron chi connectivity index (χ1n) is 5.32. The predicted molar refractivity (Wildman–Crippen MR) is 55.3 cm³/mol. The molecular weight excluding hydrogens is 194 g/mol. The second-order valence-corrected chi connectivity index (χ2v) is 4.35. The Balaban J connectivity index is 2.00. The molecule has 5 heteroatoms. The van der Waals surface area contributed by atoms with E-state index in [1.54, 1.807) is 7.05 Å². The van der Waals surface area contributed by atoms with Crippen LogP contribution in [0.1, 0.15) is 6.42 Å². The summed E-state index contributed by atoms with van der Waals surface area (Å²) in [5.41, 5.74) is 0. The Hall–Kier alpha value is -0.940. The highest BCUT2D eigenvalue weighted by Gasteiger charge is 2.40. The first-order chi connectivity index (χ1) is 7.09. The van der Waals surface area contributed by atoms with Crippen molar-refractivity contribution in [2.45, 2.75) is 12.5 Å². The number of hydrogen-bond acceptors (Lipinski definition) is 4. The topological polar surface area (TPSA) is 43.9 Å². The maximum Gasteiger partial charge on any atom is 0.246 e. The van der Waals surface area contributed by atoms with E-state index in [1.165, 1.54) is 4.90 Å². The molecule has 2 heterocycles. The number of amides is 2. The second-order valence-electron chi connectivity index (χ2n) is 4.35. The number of rotatable bonds is 1. The molecule has 2 aliphatic rings. The van der Waals surface area contributed by atoms with Gasteiger partial charge in [0.25, 0.3) is 0 Å². The van der Waals surface area contributed by atoms with Gasteiger partial charge in [0.1, 0.15) is 0 Å². The quantitative estimate of drug-likeness (QED) is 0.521. The van der Waals surface area contributed by atoms with Crippen LogP contribution < -0.4 is 0 Å². The van der Waals surface area contributed by atoms with E-state index in [9.17, 15) is 9.59 Å². The lowest BCUT2D eigenvalue weighted by Crippen LogP contribution is -2.51. The Morgan fingerprint density at radius 2 is 1.67 bits per heavy atom. The highest BCUT2D eigenvalue weighted by Crippen LogP contribution is 2.18. The third-order valence-electron chi connectivity index (χ3n) is 3.34. The largest absolute Gasteiger partial charge is 0.304 e. The standard InChI is InChI=1S/C10H17N3O2/c1-11-3-5-13(6-4-11)8-7-9(14)12(2)10(8)15/h8H,3-7H2,1-2H3/t8-/m1/s1. The Kier molecular flexibility index (Phi) is 2.75. The molecule has 0 unspecified atom stereocenters. The van der Waals surface area contributed by atoms with Crippen molar-refractivity contribution < 1.29 is 9.59 Å². The summed E-state index contributed by atoms with van der Waals surface area (Å²) < 4.78 is 0. The van der Waals surface area contributed by atoms with Gasteiger partial charge < -0.3 is 4.90 Å². The molecule has 0 saturated carbocycles. The number of likely N-dealkylation sites (N-methyl/N-ethyl adjacent to an activating group) is 2. The molecule has 0 aromatic rings. The van der Waals surface area contributed by atoms with E-state index in [1.807, 2.05) is 0 Å². The van der Waals surface area contributed by atoms with Gasteiger partial charge in [-0.15, -0.1) is 0 Å². The first kappa shape index (κ1) is 10.6. The lowest BCUT2D eigenvalue weighted by atomic mass is 10.2. The van der Waals surface area contributed by atoms with Crippen LogP contribution >= 0.6 is 0 Å². The normalized spacial score (nSPS) is 30.3. The van der Waals surface area contributed by atoms with E-state index < -0.39 is 0 Å². The molecule has 0 bridgehead atoms. The van der Waals surface area contributed by atoms with E-state index in [-0.39, 0.29) is 17.9 Å². The summed E-state index contributed by atoms with van der Waals surface area (Å²) in [6, 6.07) is -0.198. The SMILES string of the molecule is CN1CCN([C@@H]2CC(=O)N(C)C2=O)CC1. The maximum atomic E-state index is 11.7. The number of hydrogen-bond donors (Lipinski definition) is 0. The van der Waals surface area contributed by atoms with Gasteiger partial charge in [0.05, 0.1) is 12.5 Å². The van der Waals surface area contributed by atoms with Gasteiger partial charge in [-0.3, -0.25) is 19.4 Å². The highest BCUT2D eigenvalue weighted by atomic mass is 16.2. The predicted octanol–water partition coefficient (Wildman–Crippen LogP) is -1.01. The van der Waals surface area contributed by atoms with E-state index >= 15 is 0 Å². The molecule has 15 heavy (non-hydrogen) atoms. The molecule has 0 radical (unpaired) electrons. The van der Waals surface area contributed by atoms with Gasteiger partial charge in [-0.25, -0.2) is 0 Å². The number of carbonyl (C=O) groups excluding carboxylic acids is 2. The summed E-state index contributed by atoms with van der Waals surface area (Å²) in [5, 5.41) is 0. The van der Waals surface area contributed by atoms with Gasteiger partial charge in [-0.05, 0) is 7.05 Å². The van der Waals surface area contributed by atoms with Crippen LogP contribution in [0, 0.1) is 0 Å². The third-order valence-corrected chi connectivity index (χ3v) is 3.34. The molecule has 2 rings (SSSR count). The Morgan fingerprint density at radius 1 is 1.07 bits per heavy atom. The van der Waals surface area contributed by atoms with Crippen LogP contribution in [0.4, 0.5) is 0 Å². The summed E-state index contributed by atoms with van der Waals surface area (Å²) in [6.45, 7) is 3.71. The average Bonchev–Trinajstić information content (AvgIpc) is 2.47. The monoisotopic (exact) mass is 211 g/mol. The Labute approximate surface area is 89.6 Å². The molecule has 0 spiro atoms. The van der Waals surface area contributed by atoms with Crippen LogP contribution in [0.3, 0.4) is 0 Å². The summed E-state index contributed by atoms with van der Waals surface area (Å²) >= 11 is 0. The number of carbonyl (C=O) groups is 2. The minimum absolute atomic E-state index is 0.0375. The summed E-state index contributed by atoms with van der Waals surface area (Å²) in [7, 11) is 3.64. The molecule has 1 atom stereocenters. The summed E-state index contributed by atoms with van der Waals surface area (Å²) in [6.07, 6.45) is 0.360. The molecule has 2 saturated heterocycles. The molecule has 2 amide bonds. The Morgan fingerprint density at radius 3 is 2.13 bits per heavy atom. The lowest BCUT2D eigenvalue weighted by molar-refractivity contribution is -0.138. The Bertz CT molecular complexity index is 284. The van der Waals surface area contributed by atoms with Gasteiger partial charge in [0.15, 0.2) is 0 Å². The second kappa shape index (κ2) is 3.90. The van der Waals surface area contributed by atoms with Crippen LogP contribution in [-0.2, 0) is 9.59 Å². The zero-order valence-electron chi connectivity index (χ0n) is 9.27. The number of likely N-dealkylation sites (tertiary alicyclic amines) is 1. The zero-order chi connectivity index (χ0) is 11.0. The van der Waals surface area contributed by atoms with Gasteiger partial charge in [0.2, 0.25) is 11.8 Å². The van der Waals surface area contributed by atoms with Crippen LogP contribution in [-0.4, -0.2) is 72.8 Å². The molecular formula is C10H17N3O2. The van der Waals surface area contributed by atoms with E-state index in [2.05, 4.69) is 16.8 Å². The molecule has 0 aromatic heterocycles. The minimum atomic E-state index is -0.198. The molecule has 0 aromatic carbocycles. The van der Waals surface area contributed by atoms with E-state index in [4.69, 9.17) is 0 Å². The van der Waals surface area contributed by atoms with Crippen molar-refractivity contribution >= 4 is 11.8 Å². The molecule has 84 valence electrons. The minimum Gasteiger partial charge on any atom is -0.304 e. The van der Waals surface area contributed by atoms with Crippen molar-refractivity contribution in [3.8, 4) is 0 Å². The van der Waals surface area contributed by atoms with Crippen molar-refractivity contribution in [1.29, 1.82) is 0 Å². The van der Waals surface area contributed by atoms with Gasteiger partial charge in [0, 0.05) is 33.2 Å². The molecule has 2 fully saturated rings. The summed E-state index contributed by atoms with van der Waals surface area (Å²) in [5.74, 6) is -0.0894. The maximum absolute atomic E-state index is 11.7. The first-order valence-corrected chi connectivity index (χ1v) is 5.32. The van der Waals surface area contributed by atoms with Crippen LogP contribution in [0.15, 0.2) is 0 Å². The fraction of sp³-hybridized carbons (Fsp3) is 0.800. The molecule has 2 aliphatic heterocycles. The van der Waals surface area contributed by atoms with Gasteiger partial charge in [-0.1, -0.05) is 0 Å². The average molecular weight is 211 g/mol. The van der Waals surface area contributed by atoms with E-state index in [0.717, 1.165) is 26.2 Å². The van der Waals surface area contributed by atoms with E-state index in [0.29, 0.717) is 6.42 Å². The van der Waals surface area contributed by atoms with Gasteiger partial charge >= 0.3 is 0 Å². The third kappa shape index (κ3) is 1.89. The van der Waals surface area contributed by atoms with Crippen molar-refractivity contribution in [3.05, 3.63) is 0 Å². The van der Waals surface area contributed by atoms with Crippen LogP contribution in [0.25, 0.3) is 0 Å². The van der Waals surface area contributed by atoms with Crippen molar-refractivity contribution in [2.24, 2.45) is 0 Å². The number of imide groups is 1. The molecule has 0 aliphatic carbocycles. The van der Waals surface area contributed by atoms with Crippen LogP contribution in [0.2, 0.25) is 0 Å². The lowest BCUT2D eigenvalue weighted by Gasteiger charge is -2.34. The number of piperazine rings is 1. The van der Waals surface area contributed by atoms with Crippen molar-refractivity contribution in [2.75, 3.05) is 40.3 Å².